The minimum absolute atomic E-state index is 0.0378. The van der Waals surface area contributed by atoms with Gasteiger partial charge in [0.05, 0.1) is 12.6 Å². The smallest absolute Gasteiger partial charge is 0.241 e. The minimum atomic E-state index is -0.133. The average molecular weight is 262 g/mol. The second-order valence-electron chi connectivity index (χ2n) is 4.88. The van der Waals surface area contributed by atoms with Crippen molar-refractivity contribution >= 4 is 5.91 Å². The molecule has 1 fully saturated rings. The lowest BCUT2D eigenvalue weighted by Gasteiger charge is -2.25. The molecule has 1 aliphatic rings. The number of carbonyl (C=O) groups excluding carboxylic acids is 1. The van der Waals surface area contributed by atoms with E-state index in [1.807, 2.05) is 30.9 Å². The van der Waals surface area contributed by atoms with E-state index in [4.69, 9.17) is 4.74 Å². The fourth-order valence-electron chi connectivity index (χ4n) is 2.47. The summed E-state index contributed by atoms with van der Waals surface area (Å²) in [7, 11) is 0. The van der Waals surface area contributed by atoms with E-state index in [1.54, 1.807) is 0 Å². The number of carbonyl (C=O) groups is 1. The Kier molecular flexibility index (Phi) is 4.56. The molecule has 2 rings (SSSR count). The van der Waals surface area contributed by atoms with Crippen LogP contribution in [-0.2, 0) is 9.53 Å². The number of benzene rings is 1. The van der Waals surface area contributed by atoms with E-state index >= 15 is 0 Å². The molecule has 19 heavy (non-hydrogen) atoms. The molecule has 2 atom stereocenters. The Balaban J connectivity index is 2.17. The van der Waals surface area contributed by atoms with Gasteiger partial charge in [0, 0.05) is 13.2 Å². The summed E-state index contributed by atoms with van der Waals surface area (Å²) < 4.78 is 5.37. The van der Waals surface area contributed by atoms with Gasteiger partial charge in [-0.15, -0.1) is 0 Å². The molecule has 0 radical (unpaired) electrons. The third-order valence-electron chi connectivity index (χ3n) is 3.54. The molecule has 1 aromatic rings. The Labute approximate surface area is 114 Å². The molecule has 0 spiro atoms. The van der Waals surface area contributed by atoms with Gasteiger partial charge in [0.15, 0.2) is 0 Å². The molecular formula is C15H22N2O2. The van der Waals surface area contributed by atoms with Gasteiger partial charge in [0.25, 0.3) is 0 Å². The van der Waals surface area contributed by atoms with Crippen LogP contribution in [0.5, 0.6) is 0 Å². The van der Waals surface area contributed by atoms with E-state index in [-0.39, 0.29) is 18.1 Å². The van der Waals surface area contributed by atoms with Crippen molar-refractivity contribution < 1.29 is 9.53 Å². The van der Waals surface area contributed by atoms with E-state index in [1.165, 1.54) is 5.56 Å². The van der Waals surface area contributed by atoms with E-state index in [2.05, 4.69) is 24.4 Å². The fraction of sp³-hybridized carbons (Fsp3) is 0.533. The highest BCUT2D eigenvalue weighted by atomic mass is 16.5. The standard InChI is InChI=1S/C15H22N2O2/c1-4-19-10-9-17-14(16-12(3)15(17)18)13-8-6-5-7-11(13)2/h5-8,12,14,16H,4,9-10H2,1-3H3. The number of amides is 1. The van der Waals surface area contributed by atoms with Gasteiger partial charge >= 0.3 is 0 Å². The Bertz CT molecular complexity index is 448. The molecule has 1 heterocycles. The van der Waals surface area contributed by atoms with Gasteiger partial charge < -0.3 is 9.64 Å². The Morgan fingerprint density at radius 2 is 2.11 bits per heavy atom. The van der Waals surface area contributed by atoms with Gasteiger partial charge in [-0.05, 0) is 31.9 Å². The topological polar surface area (TPSA) is 41.6 Å². The van der Waals surface area contributed by atoms with Crippen molar-refractivity contribution in [3.63, 3.8) is 0 Å². The zero-order valence-corrected chi connectivity index (χ0v) is 11.8. The molecule has 1 aliphatic heterocycles. The van der Waals surface area contributed by atoms with E-state index in [0.29, 0.717) is 19.8 Å². The van der Waals surface area contributed by atoms with E-state index < -0.39 is 0 Å². The van der Waals surface area contributed by atoms with Crippen molar-refractivity contribution in [3.8, 4) is 0 Å². The van der Waals surface area contributed by atoms with Crippen molar-refractivity contribution in [1.82, 2.24) is 10.2 Å². The lowest BCUT2D eigenvalue weighted by atomic mass is 10.1. The van der Waals surface area contributed by atoms with Gasteiger partial charge in [-0.3, -0.25) is 10.1 Å². The quantitative estimate of drug-likeness (QED) is 0.823. The predicted octanol–water partition coefficient (Wildman–Crippen LogP) is 1.85. The molecule has 4 heteroatoms. The van der Waals surface area contributed by atoms with Crippen LogP contribution in [0.1, 0.15) is 31.1 Å². The molecule has 1 N–H and O–H groups in total. The first-order valence-corrected chi connectivity index (χ1v) is 6.85. The van der Waals surface area contributed by atoms with Crippen LogP contribution >= 0.6 is 0 Å². The van der Waals surface area contributed by atoms with Gasteiger partial charge in [-0.2, -0.15) is 0 Å². The molecule has 0 aromatic heterocycles. The van der Waals surface area contributed by atoms with Crippen molar-refractivity contribution in [3.05, 3.63) is 35.4 Å². The Hall–Kier alpha value is -1.39. The van der Waals surface area contributed by atoms with Crippen LogP contribution in [0.15, 0.2) is 24.3 Å². The summed E-state index contributed by atoms with van der Waals surface area (Å²) in [6.07, 6.45) is -0.0378. The summed E-state index contributed by atoms with van der Waals surface area (Å²) in [5.41, 5.74) is 2.36. The molecule has 0 aliphatic carbocycles. The molecule has 2 unspecified atom stereocenters. The normalized spacial score (nSPS) is 23.1. The highest BCUT2D eigenvalue weighted by Gasteiger charge is 2.37. The number of aryl methyl sites for hydroxylation is 1. The molecular weight excluding hydrogens is 240 g/mol. The first-order chi connectivity index (χ1) is 9.15. The van der Waals surface area contributed by atoms with Crippen molar-refractivity contribution in [2.75, 3.05) is 19.8 Å². The second kappa shape index (κ2) is 6.17. The number of nitrogens with zero attached hydrogens (tertiary/aromatic N) is 1. The van der Waals surface area contributed by atoms with Crippen LogP contribution in [0.25, 0.3) is 0 Å². The number of hydrogen-bond donors (Lipinski definition) is 1. The van der Waals surface area contributed by atoms with Crippen LogP contribution in [-0.4, -0.2) is 36.6 Å². The number of rotatable bonds is 5. The minimum Gasteiger partial charge on any atom is -0.380 e. The fourth-order valence-corrected chi connectivity index (χ4v) is 2.47. The highest BCUT2D eigenvalue weighted by Crippen LogP contribution is 2.27. The summed E-state index contributed by atoms with van der Waals surface area (Å²) in [6.45, 7) is 7.84. The van der Waals surface area contributed by atoms with Gasteiger partial charge in [-0.25, -0.2) is 0 Å². The summed E-state index contributed by atoms with van der Waals surface area (Å²) >= 11 is 0. The van der Waals surface area contributed by atoms with Gasteiger partial charge in [-0.1, -0.05) is 24.3 Å². The number of hydrogen-bond acceptors (Lipinski definition) is 3. The van der Waals surface area contributed by atoms with Crippen molar-refractivity contribution in [2.45, 2.75) is 33.0 Å². The molecule has 1 aromatic carbocycles. The predicted molar refractivity (Wildman–Crippen MR) is 74.7 cm³/mol. The van der Waals surface area contributed by atoms with E-state index in [9.17, 15) is 4.79 Å². The van der Waals surface area contributed by atoms with Crippen LogP contribution in [0.2, 0.25) is 0 Å². The maximum absolute atomic E-state index is 12.2. The first-order valence-electron chi connectivity index (χ1n) is 6.85. The Morgan fingerprint density at radius 3 is 2.79 bits per heavy atom. The molecule has 0 saturated carbocycles. The van der Waals surface area contributed by atoms with Crippen LogP contribution in [0, 0.1) is 6.92 Å². The average Bonchev–Trinajstić information content (AvgIpc) is 2.68. The van der Waals surface area contributed by atoms with Crippen LogP contribution in [0.3, 0.4) is 0 Å². The monoisotopic (exact) mass is 262 g/mol. The molecule has 1 amide bonds. The highest BCUT2D eigenvalue weighted by molar-refractivity contribution is 5.84. The third kappa shape index (κ3) is 2.96. The Morgan fingerprint density at radius 1 is 1.37 bits per heavy atom. The molecule has 0 bridgehead atoms. The summed E-state index contributed by atoms with van der Waals surface area (Å²) in [4.78, 5) is 14.1. The molecule has 1 saturated heterocycles. The second-order valence-corrected chi connectivity index (χ2v) is 4.88. The lowest BCUT2D eigenvalue weighted by molar-refractivity contribution is -0.130. The van der Waals surface area contributed by atoms with Gasteiger partial charge in [0.1, 0.15) is 6.17 Å². The zero-order valence-electron chi connectivity index (χ0n) is 11.8. The van der Waals surface area contributed by atoms with Crippen molar-refractivity contribution in [1.29, 1.82) is 0 Å². The van der Waals surface area contributed by atoms with Crippen LogP contribution < -0.4 is 5.32 Å². The third-order valence-corrected chi connectivity index (χ3v) is 3.54. The van der Waals surface area contributed by atoms with Crippen molar-refractivity contribution in [2.24, 2.45) is 0 Å². The lowest BCUT2D eigenvalue weighted by Crippen LogP contribution is -2.34. The van der Waals surface area contributed by atoms with Crippen LogP contribution in [0.4, 0.5) is 0 Å². The zero-order chi connectivity index (χ0) is 13.8. The largest absolute Gasteiger partial charge is 0.380 e. The SMILES string of the molecule is CCOCCN1C(=O)C(C)NC1c1ccccc1C. The summed E-state index contributed by atoms with van der Waals surface area (Å²) in [5.74, 6) is 0.146. The molecule has 104 valence electrons. The first kappa shape index (κ1) is 14.0. The maximum Gasteiger partial charge on any atom is 0.241 e. The maximum atomic E-state index is 12.2. The summed E-state index contributed by atoms with van der Waals surface area (Å²) in [6, 6.07) is 8.05. The molecule has 4 nitrogen and oxygen atoms in total. The number of nitrogens with one attached hydrogen (secondary N) is 1. The summed E-state index contributed by atoms with van der Waals surface area (Å²) in [5, 5.41) is 3.36. The van der Waals surface area contributed by atoms with Gasteiger partial charge in [0.2, 0.25) is 5.91 Å². The number of ether oxygens (including phenoxy) is 1. The van der Waals surface area contributed by atoms with E-state index in [0.717, 1.165) is 5.56 Å².